The lowest BCUT2D eigenvalue weighted by Gasteiger charge is -2.24. The van der Waals surface area contributed by atoms with Crippen LogP contribution in [0.15, 0.2) is 0 Å². The van der Waals surface area contributed by atoms with Crippen LogP contribution in [0.2, 0.25) is 5.28 Å². The van der Waals surface area contributed by atoms with Gasteiger partial charge in [0.15, 0.2) is 0 Å². The minimum absolute atomic E-state index is 0.215. The normalized spacial score (nSPS) is 18.6. The van der Waals surface area contributed by atoms with Crippen molar-refractivity contribution in [3.8, 4) is 0 Å². The highest BCUT2D eigenvalue weighted by Gasteiger charge is 2.20. The largest absolute Gasteiger partial charge is 0.376 e. The lowest BCUT2D eigenvalue weighted by Crippen LogP contribution is -2.33. The molecule has 1 aliphatic heterocycles. The molecule has 1 N–H and O–H groups in total. The van der Waals surface area contributed by atoms with Gasteiger partial charge >= 0.3 is 0 Å². The maximum atomic E-state index is 5.94. The molecule has 0 saturated carbocycles. The molecule has 1 unspecified atom stereocenters. The Hall–Kier alpha value is -1.14. The van der Waals surface area contributed by atoms with Gasteiger partial charge in [0, 0.05) is 26.2 Å². The smallest absolute Gasteiger partial charge is 0.231 e. The molecule has 0 amide bonds. The van der Waals surface area contributed by atoms with Crippen LogP contribution in [0.5, 0.6) is 0 Å². The minimum atomic E-state index is 0.215. The van der Waals surface area contributed by atoms with E-state index in [0.717, 1.165) is 39.1 Å². The minimum Gasteiger partial charge on any atom is -0.376 e. The van der Waals surface area contributed by atoms with E-state index in [2.05, 4.69) is 32.1 Å². The van der Waals surface area contributed by atoms with Crippen LogP contribution in [-0.2, 0) is 4.74 Å². The first-order chi connectivity index (χ1) is 9.22. The molecule has 0 bridgehead atoms. The van der Waals surface area contributed by atoms with Crippen molar-refractivity contribution in [1.82, 2.24) is 15.0 Å². The first kappa shape index (κ1) is 14.3. The Morgan fingerprint density at radius 1 is 1.37 bits per heavy atom. The molecular weight excluding hydrogens is 266 g/mol. The maximum Gasteiger partial charge on any atom is 0.231 e. The summed E-state index contributed by atoms with van der Waals surface area (Å²) in [7, 11) is 0. The molecule has 19 heavy (non-hydrogen) atoms. The summed E-state index contributed by atoms with van der Waals surface area (Å²) in [6, 6.07) is 0. The van der Waals surface area contributed by atoms with Crippen LogP contribution in [0.4, 0.5) is 11.9 Å². The zero-order valence-corrected chi connectivity index (χ0v) is 12.2. The van der Waals surface area contributed by atoms with E-state index in [0.29, 0.717) is 11.9 Å². The molecule has 1 aliphatic rings. The summed E-state index contributed by atoms with van der Waals surface area (Å²) in [4.78, 5) is 14.7. The first-order valence-corrected chi connectivity index (χ1v) is 7.12. The summed E-state index contributed by atoms with van der Waals surface area (Å²) < 4.78 is 5.65. The van der Waals surface area contributed by atoms with Gasteiger partial charge in [0.2, 0.25) is 17.2 Å². The standard InChI is InChI=1S/C12H20ClN5O/c1-3-14-11-15-10(13)16-12(17-11)18(4-2)8-9-6-5-7-19-9/h9H,3-8H2,1-2H3,(H,14,15,16,17). The molecule has 2 heterocycles. The van der Waals surface area contributed by atoms with E-state index in [4.69, 9.17) is 16.3 Å². The second-order valence-corrected chi connectivity index (χ2v) is 4.77. The van der Waals surface area contributed by atoms with Gasteiger partial charge in [-0.15, -0.1) is 0 Å². The van der Waals surface area contributed by atoms with Crippen LogP contribution in [0, 0.1) is 0 Å². The third-order valence-corrected chi connectivity index (χ3v) is 3.21. The predicted octanol–water partition coefficient (Wildman–Crippen LogP) is 1.96. The number of likely N-dealkylation sites (N-methyl/N-ethyl adjacent to an activating group) is 1. The van der Waals surface area contributed by atoms with Crippen LogP contribution in [-0.4, -0.2) is 47.3 Å². The maximum absolute atomic E-state index is 5.94. The van der Waals surface area contributed by atoms with E-state index in [-0.39, 0.29) is 11.4 Å². The van der Waals surface area contributed by atoms with Gasteiger partial charge in [-0.2, -0.15) is 15.0 Å². The molecule has 6 nitrogen and oxygen atoms in total. The van der Waals surface area contributed by atoms with Crippen LogP contribution < -0.4 is 10.2 Å². The van der Waals surface area contributed by atoms with E-state index in [9.17, 15) is 0 Å². The molecule has 1 saturated heterocycles. The van der Waals surface area contributed by atoms with Crippen molar-refractivity contribution >= 4 is 23.5 Å². The molecule has 0 spiro atoms. The molecule has 2 rings (SSSR count). The Bertz CT molecular complexity index is 411. The molecular formula is C12H20ClN5O. The fraction of sp³-hybridized carbons (Fsp3) is 0.750. The zero-order chi connectivity index (χ0) is 13.7. The number of nitrogens with one attached hydrogen (secondary N) is 1. The number of hydrogen-bond donors (Lipinski definition) is 1. The highest BCUT2D eigenvalue weighted by molar-refractivity contribution is 6.28. The number of aromatic nitrogens is 3. The summed E-state index contributed by atoms with van der Waals surface area (Å²) in [6.07, 6.45) is 2.48. The van der Waals surface area contributed by atoms with Crippen LogP contribution in [0.1, 0.15) is 26.7 Å². The first-order valence-electron chi connectivity index (χ1n) is 6.75. The summed E-state index contributed by atoms with van der Waals surface area (Å²) in [6.45, 7) is 7.26. The summed E-state index contributed by atoms with van der Waals surface area (Å²) in [5.74, 6) is 1.12. The Labute approximate surface area is 118 Å². The van der Waals surface area contributed by atoms with E-state index in [1.807, 2.05) is 6.92 Å². The van der Waals surface area contributed by atoms with Crippen molar-refractivity contribution in [2.45, 2.75) is 32.8 Å². The Morgan fingerprint density at radius 2 is 2.21 bits per heavy atom. The van der Waals surface area contributed by atoms with Gasteiger partial charge in [0.05, 0.1) is 6.10 Å². The van der Waals surface area contributed by atoms with Gasteiger partial charge in [-0.3, -0.25) is 0 Å². The molecule has 0 aromatic carbocycles. The third kappa shape index (κ3) is 3.91. The van der Waals surface area contributed by atoms with Crippen molar-refractivity contribution in [3.05, 3.63) is 5.28 Å². The number of halogens is 1. The van der Waals surface area contributed by atoms with Crippen molar-refractivity contribution in [3.63, 3.8) is 0 Å². The summed E-state index contributed by atoms with van der Waals surface area (Å²) >= 11 is 5.94. The second kappa shape index (κ2) is 6.86. The summed E-state index contributed by atoms with van der Waals surface area (Å²) in [5, 5.41) is 3.27. The predicted molar refractivity (Wildman–Crippen MR) is 75.9 cm³/mol. The fourth-order valence-corrected chi connectivity index (χ4v) is 2.26. The summed E-state index contributed by atoms with van der Waals surface area (Å²) in [5.41, 5.74) is 0. The van der Waals surface area contributed by atoms with Gasteiger partial charge in [-0.1, -0.05) is 0 Å². The van der Waals surface area contributed by atoms with E-state index in [1.54, 1.807) is 0 Å². The van der Waals surface area contributed by atoms with Crippen molar-refractivity contribution < 1.29 is 4.74 Å². The highest BCUT2D eigenvalue weighted by atomic mass is 35.5. The number of rotatable bonds is 6. The average Bonchev–Trinajstić information content (AvgIpc) is 2.88. The Morgan fingerprint density at radius 3 is 2.84 bits per heavy atom. The molecule has 1 aromatic heterocycles. The van der Waals surface area contributed by atoms with Gasteiger partial charge in [0.1, 0.15) is 0 Å². The van der Waals surface area contributed by atoms with Crippen molar-refractivity contribution in [1.29, 1.82) is 0 Å². The third-order valence-electron chi connectivity index (χ3n) is 3.04. The van der Waals surface area contributed by atoms with E-state index < -0.39 is 0 Å². The Balaban J connectivity index is 2.11. The fourth-order valence-electron chi connectivity index (χ4n) is 2.10. The highest BCUT2D eigenvalue weighted by Crippen LogP contribution is 2.18. The van der Waals surface area contributed by atoms with Gasteiger partial charge in [-0.05, 0) is 38.3 Å². The van der Waals surface area contributed by atoms with Gasteiger partial charge < -0.3 is 15.0 Å². The molecule has 1 aromatic rings. The number of ether oxygens (including phenoxy) is 1. The topological polar surface area (TPSA) is 63.2 Å². The van der Waals surface area contributed by atoms with E-state index >= 15 is 0 Å². The average molecular weight is 286 g/mol. The molecule has 106 valence electrons. The van der Waals surface area contributed by atoms with E-state index in [1.165, 1.54) is 0 Å². The molecule has 1 atom stereocenters. The SMILES string of the molecule is CCNc1nc(Cl)nc(N(CC)CC2CCCO2)n1. The Kier molecular flexibility index (Phi) is 5.15. The molecule has 0 radical (unpaired) electrons. The quantitative estimate of drug-likeness (QED) is 0.862. The van der Waals surface area contributed by atoms with Crippen LogP contribution >= 0.6 is 11.6 Å². The van der Waals surface area contributed by atoms with Gasteiger partial charge in [-0.25, -0.2) is 0 Å². The van der Waals surface area contributed by atoms with Crippen LogP contribution in [0.25, 0.3) is 0 Å². The zero-order valence-electron chi connectivity index (χ0n) is 11.4. The van der Waals surface area contributed by atoms with Gasteiger partial charge in [0.25, 0.3) is 0 Å². The monoisotopic (exact) mass is 285 g/mol. The lowest BCUT2D eigenvalue weighted by molar-refractivity contribution is 0.115. The van der Waals surface area contributed by atoms with Crippen molar-refractivity contribution in [2.75, 3.05) is 36.5 Å². The van der Waals surface area contributed by atoms with Crippen molar-refractivity contribution in [2.24, 2.45) is 0 Å². The molecule has 0 aliphatic carbocycles. The second-order valence-electron chi connectivity index (χ2n) is 4.43. The van der Waals surface area contributed by atoms with Crippen LogP contribution in [0.3, 0.4) is 0 Å². The molecule has 1 fully saturated rings. The number of anilines is 2. The molecule has 7 heteroatoms. The number of hydrogen-bond acceptors (Lipinski definition) is 6. The lowest BCUT2D eigenvalue weighted by atomic mass is 10.2. The number of nitrogens with zero attached hydrogens (tertiary/aromatic N) is 4.